The predicted octanol–water partition coefficient (Wildman–Crippen LogP) is 2.10. The largest absolute Gasteiger partial charge is 0.478 e. The predicted molar refractivity (Wildman–Crippen MR) is 76.6 cm³/mol. The Kier molecular flexibility index (Phi) is 4.01. The van der Waals surface area contributed by atoms with Gasteiger partial charge in [-0.05, 0) is 38.7 Å². The van der Waals surface area contributed by atoms with Crippen LogP contribution in [0.25, 0.3) is 0 Å². The summed E-state index contributed by atoms with van der Waals surface area (Å²) in [7, 11) is 0. The molecule has 2 rings (SSSR count). The Balaban J connectivity index is 2.00. The smallest absolute Gasteiger partial charge is 0.338 e. The van der Waals surface area contributed by atoms with E-state index in [4.69, 9.17) is 0 Å². The van der Waals surface area contributed by atoms with E-state index in [2.05, 4.69) is 10.6 Å². The lowest BCUT2D eigenvalue weighted by Crippen LogP contribution is -2.48. The van der Waals surface area contributed by atoms with Crippen LogP contribution in [-0.2, 0) is 0 Å². The minimum absolute atomic E-state index is 0.130. The third kappa shape index (κ3) is 2.94. The van der Waals surface area contributed by atoms with Gasteiger partial charge in [0.2, 0.25) is 0 Å². The zero-order valence-electron chi connectivity index (χ0n) is 11.4. The first-order valence-corrected chi connectivity index (χ1v) is 7.24. The topological polar surface area (TPSA) is 98.7 Å². The maximum Gasteiger partial charge on any atom is 0.338 e. The quantitative estimate of drug-likeness (QED) is 0.684. The molecule has 110 valence electrons. The summed E-state index contributed by atoms with van der Waals surface area (Å²) in [6.45, 7) is 3.71. The van der Waals surface area contributed by atoms with Crippen LogP contribution in [0.3, 0.4) is 0 Å². The zero-order chi connectivity index (χ0) is 14.9. The van der Waals surface area contributed by atoms with Crippen LogP contribution >= 0.6 is 11.3 Å². The molecular formula is C13H18N2O4S. The van der Waals surface area contributed by atoms with Crippen molar-refractivity contribution in [3.63, 3.8) is 0 Å². The number of anilines is 1. The van der Waals surface area contributed by atoms with E-state index in [0.29, 0.717) is 23.4 Å². The van der Waals surface area contributed by atoms with Crippen molar-refractivity contribution in [2.24, 2.45) is 0 Å². The van der Waals surface area contributed by atoms with Gasteiger partial charge in [-0.2, -0.15) is 0 Å². The van der Waals surface area contributed by atoms with Crippen molar-refractivity contribution in [2.75, 3.05) is 11.9 Å². The second-order valence-electron chi connectivity index (χ2n) is 5.18. The van der Waals surface area contributed by atoms with Gasteiger partial charge in [-0.1, -0.05) is 0 Å². The average Bonchev–Trinajstić information content (AvgIpc) is 2.60. The second kappa shape index (κ2) is 5.41. The molecule has 7 heteroatoms. The molecule has 0 spiro atoms. The molecule has 0 saturated heterocycles. The summed E-state index contributed by atoms with van der Waals surface area (Å²) in [6.07, 6.45) is 2.34. The highest BCUT2D eigenvalue weighted by Gasteiger charge is 2.34. The van der Waals surface area contributed by atoms with Gasteiger partial charge in [0.25, 0.3) is 0 Å². The van der Waals surface area contributed by atoms with Crippen LogP contribution in [0.2, 0.25) is 0 Å². The van der Waals surface area contributed by atoms with Crippen molar-refractivity contribution in [1.29, 1.82) is 0 Å². The Morgan fingerprint density at radius 2 is 2.00 bits per heavy atom. The summed E-state index contributed by atoms with van der Waals surface area (Å²) in [4.78, 5) is 23.8. The lowest BCUT2D eigenvalue weighted by atomic mass is 9.80. The molecule has 0 unspecified atom stereocenters. The number of aliphatic hydroxyl groups is 1. The zero-order valence-corrected chi connectivity index (χ0v) is 12.3. The number of carbonyl (C=O) groups is 2. The van der Waals surface area contributed by atoms with Crippen LogP contribution in [0.5, 0.6) is 0 Å². The third-order valence-electron chi connectivity index (χ3n) is 3.69. The van der Waals surface area contributed by atoms with Gasteiger partial charge in [0.1, 0.15) is 5.00 Å². The first kappa shape index (κ1) is 14.8. The molecule has 0 aromatic carbocycles. The van der Waals surface area contributed by atoms with E-state index in [9.17, 15) is 19.8 Å². The Hall–Kier alpha value is -1.60. The molecule has 1 aliphatic rings. The van der Waals surface area contributed by atoms with Gasteiger partial charge in [-0.25, -0.2) is 9.59 Å². The van der Waals surface area contributed by atoms with Crippen molar-refractivity contribution in [3.05, 3.63) is 16.0 Å². The van der Waals surface area contributed by atoms with Gasteiger partial charge in [-0.15, -0.1) is 11.3 Å². The van der Waals surface area contributed by atoms with E-state index >= 15 is 0 Å². The summed E-state index contributed by atoms with van der Waals surface area (Å²) in [5.74, 6) is -1.06. The van der Waals surface area contributed by atoms with E-state index < -0.39 is 17.6 Å². The van der Waals surface area contributed by atoms with Gasteiger partial charge >= 0.3 is 12.0 Å². The number of carbonyl (C=O) groups excluding carboxylic acids is 1. The van der Waals surface area contributed by atoms with Crippen molar-refractivity contribution < 1.29 is 19.8 Å². The maximum atomic E-state index is 11.8. The standard InChI is InChI=1S/C13H18N2O4S/c1-7-8(2)20-10(9(7)11(16)17)15-12(18)14-6-13(19)4-3-5-13/h19H,3-6H2,1-2H3,(H,16,17)(H2,14,15,18). The number of urea groups is 1. The van der Waals surface area contributed by atoms with Crippen LogP contribution in [-0.4, -0.2) is 34.4 Å². The molecule has 1 aromatic heterocycles. The van der Waals surface area contributed by atoms with Crippen molar-refractivity contribution in [2.45, 2.75) is 38.7 Å². The van der Waals surface area contributed by atoms with Crippen LogP contribution in [0.4, 0.5) is 9.80 Å². The van der Waals surface area contributed by atoms with Crippen molar-refractivity contribution >= 4 is 28.3 Å². The Morgan fingerprint density at radius 1 is 1.35 bits per heavy atom. The fourth-order valence-electron chi connectivity index (χ4n) is 2.13. The highest BCUT2D eigenvalue weighted by molar-refractivity contribution is 7.16. The molecule has 0 aliphatic heterocycles. The molecule has 1 aliphatic carbocycles. The Bertz CT molecular complexity index is 549. The number of rotatable bonds is 4. The highest BCUT2D eigenvalue weighted by atomic mass is 32.1. The SMILES string of the molecule is Cc1sc(NC(=O)NCC2(O)CCC2)c(C(=O)O)c1C. The van der Waals surface area contributed by atoms with Crippen LogP contribution in [0, 0.1) is 13.8 Å². The number of carboxylic acids is 1. The first-order valence-electron chi connectivity index (χ1n) is 6.43. The lowest BCUT2D eigenvalue weighted by molar-refractivity contribution is -0.0287. The summed E-state index contributed by atoms with van der Waals surface area (Å²) in [6, 6.07) is -0.492. The number of aryl methyl sites for hydroxylation is 1. The van der Waals surface area contributed by atoms with Gasteiger partial charge in [0.05, 0.1) is 11.2 Å². The number of nitrogens with one attached hydrogen (secondary N) is 2. The molecule has 1 aromatic rings. The molecule has 6 nitrogen and oxygen atoms in total. The number of carboxylic acid groups (broad SMARTS) is 1. The van der Waals surface area contributed by atoms with Gasteiger partial charge in [0, 0.05) is 11.4 Å². The van der Waals surface area contributed by atoms with E-state index in [1.54, 1.807) is 6.92 Å². The average molecular weight is 298 g/mol. The number of hydrogen-bond acceptors (Lipinski definition) is 4. The maximum absolute atomic E-state index is 11.8. The van der Waals surface area contributed by atoms with Crippen LogP contribution in [0.1, 0.15) is 40.1 Å². The van der Waals surface area contributed by atoms with Crippen molar-refractivity contribution in [1.82, 2.24) is 5.32 Å². The van der Waals surface area contributed by atoms with Gasteiger partial charge in [-0.3, -0.25) is 5.32 Å². The monoisotopic (exact) mass is 298 g/mol. The molecule has 1 fully saturated rings. The lowest BCUT2D eigenvalue weighted by Gasteiger charge is -2.36. The van der Waals surface area contributed by atoms with Crippen LogP contribution < -0.4 is 10.6 Å². The summed E-state index contributed by atoms with van der Waals surface area (Å²) < 4.78 is 0. The Labute approximate surface area is 120 Å². The number of thiophene rings is 1. The van der Waals surface area contributed by atoms with Crippen LogP contribution in [0.15, 0.2) is 0 Å². The molecular weight excluding hydrogens is 280 g/mol. The summed E-state index contributed by atoms with van der Waals surface area (Å²) >= 11 is 1.24. The molecule has 0 bridgehead atoms. The number of hydrogen-bond donors (Lipinski definition) is 4. The highest BCUT2D eigenvalue weighted by Crippen LogP contribution is 2.33. The fourth-order valence-corrected chi connectivity index (χ4v) is 3.17. The fraction of sp³-hybridized carbons (Fsp3) is 0.538. The van der Waals surface area contributed by atoms with E-state index in [1.807, 2.05) is 6.92 Å². The van der Waals surface area contributed by atoms with Gasteiger partial charge in [0.15, 0.2) is 0 Å². The second-order valence-corrected chi connectivity index (χ2v) is 6.40. The molecule has 2 amide bonds. The summed E-state index contributed by atoms with van der Waals surface area (Å²) in [5, 5.41) is 24.5. The number of amides is 2. The minimum atomic E-state index is -1.06. The molecule has 1 saturated carbocycles. The first-order chi connectivity index (χ1) is 9.32. The molecule has 0 radical (unpaired) electrons. The normalized spacial score (nSPS) is 16.4. The summed E-state index contributed by atoms with van der Waals surface area (Å²) in [5.41, 5.74) is -0.00531. The Morgan fingerprint density at radius 3 is 2.50 bits per heavy atom. The molecule has 4 N–H and O–H groups in total. The van der Waals surface area contributed by atoms with Crippen molar-refractivity contribution in [3.8, 4) is 0 Å². The van der Waals surface area contributed by atoms with E-state index in [1.165, 1.54) is 11.3 Å². The third-order valence-corrected chi connectivity index (χ3v) is 4.81. The molecule has 0 atom stereocenters. The molecule has 1 heterocycles. The number of aromatic carboxylic acids is 1. The minimum Gasteiger partial charge on any atom is -0.478 e. The molecule has 20 heavy (non-hydrogen) atoms. The van der Waals surface area contributed by atoms with E-state index in [-0.39, 0.29) is 12.1 Å². The van der Waals surface area contributed by atoms with Gasteiger partial charge < -0.3 is 15.5 Å². The van der Waals surface area contributed by atoms with E-state index in [0.717, 1.165) is 11.3 Å².